The molecule has 0 radical (unpaired) electrons. The van der Waals surface area contributed by atoms with Crippen LogP contribution in [0.3, 0.4) is 0 Å². The van der Waals surface area contributed by atoms with Crippen LogP contribution in [0.2, 0.25) is 0 Å². The average molecular weight is 485 g/mol. The predicted molar refractivity (Wildman–Crippen MR) is 146 cm³/mol. The number of ether oxygens (including phenoxy) is 4. The van der Waals surface area contributed by atoms with Gasteiger partial charge in [0.05, 0.1) is 12.9 Å². The molecule has 0 saturated heterocycles. The van der Waals surface area contributed by atoms with Gasteiger partial charge in [-0.05, 0) is 51.0 Å². The Labute approximate surface area is 213 Å². The molecule has 0 atom stereocenters. The first kappa shape index (κ1) is 33.4. The third-order valence-electron chi connectivity index (χ3n) is 6.15. The van der Waals surface area contributed by atoms with Gasteiger partial charge in [0.1, 0.15) is 0 Å². The Morgan fingerprint density at radius 2 is 1.03 bits per heavy atom. The molecule has 0 aromatic heterocycles. The normalized spacial score (nSPS) is 11.8. The Balaban J connectivity index is 3.48. The van der Waals surface area contributed by atoms with Crippen LogP contribution in [-0.4, -0.2) is 32.9 Å². The van der Waals surface area contributed by atoms with Gasteiger partial charge in [-0.25, -0.2) is 0 Å². The summed E-state index contributed by atoms with van der Waals surface area (Å²) in [6.45, 7) is 9.60. The summed E-state index contributed by atoms with van der Waals surface area (Å²) >= 11 is 0. The molecule has 4 heteroatoms. The van der Waals surface area contributed by atoms with Crippen molar-refractivity contribution in [3.63, 3.8) is 0 Å². The van der Waals surface area contributed by atoms with Crippen LogP contribution >= 0.6 is 0 Å². The molecule has 0 heterocycles. The van der Waals surface area contributed by atoms with Gasteiger partial charge in [-0.15, -0.1) is 0 Å². The molecule has 0 unspecified atom stereocenters. The van der Waals surface area contributed by atoms with Gasteiger partial charge in [0.25, 0.3) is 0 Å². The van der Waals surface area contributed by atoms with E-state index in [1.165, 1.54) is 96.3 Å². The van der Waals surface area contributed by atoms with E-state index in [0.29, 0.717) is 6.79 Å². The standard InChI is InChI=1S/C30H60O4/c1-4-7-10-17-22-25-31-29-32-26-23-18-15-13-11-12-14-16-19-24-30(33-27-20-8-5-2)34-28-21-9-6-3/h23,26,30H,4-22,24-25,27-29H2,1-3H3. The Bertz CT molecular complexity index is 374. The second kappa shape index (κ2) is 30.5. The molecule has 0 amide bonds. The topological polar surface area (TPSA) is 36.9 Å². The molecule has 34 heavy (non-hydrogen) atoms. The fourth-order valence-corrected chi connectivity index (χ4v) is 3.90. The maximum absolute atomic E-state index is 6.01. The summed E-state index contributed by atoms with van der Waals surface area (Å²) in [4.78, 5) is 0. The first-order valence-corrected chi connectivity index (χ1v) is 14.9. The van der Waals surface area contributed by atoms with E-state index < -0.39 is 0 Å². The summed E-state index contributed by atoms with van der Waals surface area (Å²) in [7, 11) is 0. The van der Waals surface area contributed by atoms with Gasteiger partial charge in [-0.2, -0.15) is 0 Å². The van der Waals surface area contributed by atoms with Gasteiger partial charge in [0.2, 0.25) is 0 Å². The van der Waals surface area contributed by atoms with Crippen LogP contribution in [0.1, 0.15) is 149 Å². The van der Waals surface area contributed by atoms with E-state index in [0.717, 1.165) is 51.9 Å². The minimum Gasteiger partial charge on any atom is -0.475 e. The van der Waals surface area contributed by atoms with Crippen LogP contribution in [0.25, 0.3) is 0 Å². The highest BCUT2D eigenvalue weighted by atomic mass is 16.7. The number of unbranched alkanes of at least 4 members (excludes halogenated alkanes) is 15. The summed E-state index contributed by atoms with van der Waals surface area (Å²) in [5, 5.41) is 0. The van der Waals surface area contributed by atoms with E-state index in [4.69, 9.17) is 18.9 Å². The Morgan fingerprint density at radius 3 is 1.68 bits per heavy atom. The van der Waals surface area contributed by atoms with Crippen LogP contribution in [0.4, 0.5) is 0 Å². The highest BCUT2D eigenvalue weighted by Crippen LogP contribution is 2.14. The zero-order valence-electron chi connectivity index (χ0n) is 23.3. The van der Waals surface area contributed by atoms with Crippen molar-refractivity contribution in [2.45, 2.75) is 155 Å². The Kier molecular flexibility index (Phi) is 29.9. The van der Waals surface area contributed by atoms with Crippen molar-refractivity contribution in [3.05, 3.63) is 12.3 Å². The first-order valence-electron chi connectivity index (χ1n) is 14.9. The number of hydrogen-bond acceptors (Lipinski definition) is 4. The molecule has 0 rings (SSSR count). The molecule has 0 saturated carbocycles. The molecular weight excluding hydrogens is 424 g/mol. The Hall–Kier alpha value is -0.580. The van der Waals surface area contributed by atoms with Crippen molar-refractivity contribution in [3.8, 4) is 0 Å². The second-order valence-corrected chi connectivity index (χ2v) is 9.62. The molecule has 0 spiro atoms. The van der Waals surface area contributed by atoms with Gasteiger partial charge in [-0.3, -0.25) is 0 Å². The van der Waals surface area contributed by atoms with Crippen molar-refractivity contribution < 1.29 is 18.9 Å². The van der Waals surface area contributed by atoms with Gasteiger partial charge in [0.15, 0.2) is 13.1 Å². The SMILES string of the molecule is CCCCCCCOCOC=CCCCCCCCCCC(OCCCCC)OCCCCC. The van der Waals surface area contributed by atoms with Gasteiger partial charge < -0.3 is 18.9 Å². The molecule has 204 valence electrons. The quantitative estimate of drug-likeness (QED) is 0.0601. The van der Waals surface area contributed by atoms with Gasteiger partial charge in [0, 0.05) is 13.2 Å². The molecule has 0 aliphatic heterocycles. The lowest BCUT2D eigenvalue weighted by molar-refractivity contribution is -0.148. The zero-order chi connectivity index (χ0) is 24.8. The predicted octanol–water partition coefficient (Wildman–Crippen LogP) is 9.71. The molecule has 0 aliphatic rings. The summed E-state index contributed by atoms with van der Waals surface area (Å²) < 4.78 is 22.9. The van der Waals surface area contributed by atoms with Crippen molar-refractivity contribution in [1.82, 2.24) is 0 Å². The summed E-state index contributed by atoms with van der Waals surface area (Å²) in [6.07, 6.45) is 28.8. The van der Waals surface area contributed by atoms with E-state index in [9.17, 15) is 0 Å². The highest BCUT2D eigenvalue weighted by Gasteiger charge is 2.09. The minimum absolute atomic E-state index is 0.0129. The van der Waals surface area contributed by atoms with E-state index >= 15 is 0 Å². The fraction of sp³-hybridized carbons (Fsp3) is 0.933. The lowest BCUT2D eigenvalue weighted by atomic mass is 10.1. The molecule has 0 bridgehead atoms. The van der Waals surface area contributed by atoms with Crippen LogP contribution in [0.15, 0.2) is 12.3 Å². The van der Waals surface area contributed by atoms with Crippen LogP contribution in [0.5, 0.6) is 0 Å². The van der Waals surface area contributed by atoms with Crippen molar-refractivity contribution >= 4 is 0 Å². The van der Waals surface area contributed by atoms with Crippen LogP contribution in [0, 0.1) is 0 Å². The fourth-order valence-electron chi connectivity index (χ4n) is 3.90. The summed E-state index contributed by atoms with van der Waals surface area (Å²) in [5.74, 6) is 0. The lowest BCUT2D eigenvalue weighted by Gasteiger charge is -2.18. The third-order valence-corrected chi connectivity index (χ3v) is 6.15. The smallest absolute Gasteiger partial charge is 0.188 e. The van der Waals surface area contributed by atoms with E-state index in [1.54, 1.807) is 0 Å². The molecule has 0 fully saturated rings. The van der Waals surface area contributed by atoms with E-state index in [1.807, 2.05) is 6.26 Å². The van der Waals surface area contributed by atoms with Gasteiger partial charge >= 0.3 is 0 Å². The number of allylic oxidation sites excluding steroid dienone is 1. The maximum Gasteiger partial charge on any atom is 0.188 e. The summed E-state index contributed by atoms with van der Waals surface area (Å²) in [6, 6.07) is 0. The molecular formula is C30H60O4. The van der Waals surface area contributed by atoms with Crippen molar-refractivity contribution in [2.24, 2.45) is 0 Å². The maximum atomic E-state index is 6.01. The molecule has 0 N–H and O–H groups in total. The Morgan fingerprint density at radius 1 is 0.529 bits per heavy atom. The van der Waals surface area contributed by atoms with Gasteiger partial charge in [-0.1, -0.05) is 104 Å². The van der Waals surface area contributed by atoms with E-state index in [2.05, 4.69) is 26.8 Å². The molecule has 0 aliphatic carbocycles. The average Bonchev–Trinajstić information content (AvgIpc) is 2.85. The van der Waals surface area contributed by atoms with Crippen LogP contribution < -0.4 is 0 Å². The molecule has 0 aromatic rings. The number of hydrogen-bond donors (Lipinski definition) is 0. The van der Waals surface area contributed by atoms with Crippen molar-refractivity contribution in [1.29, 1.82) is 0 Å². The largest absolute Gasteiger partial charge is 0.475 e. The monoisotopic (exact) mass is 484 g/mol. The lowest BCUT2D eigenvalue weighted by Crippen LogP contribution is -2.19. The molecule has 0 aromatic carbocycles. The highest BCUT2D eigenvalue weighted by molar-refractivity contribution is 4.72. The minimum atomic E-state index is 0.0129. The zero-order valence-corrected chi connectivity index (χ0v) is 23.3. The first-order chi connectivity index (χ1) is 16.8. The second-order valence-electron chi connectivity index (χ2n) is 9.62. The van der Waals surface area contributed by atoms with E-state index in [-0.39, 0.29) is 6.29 Å². The summed E-state index contributed by atoms with van der Waals surface area (Å²) in [5.41, 5.74) is 0. The third kappa shape index (κ3) is 27.7. The number of rotatable bonds is 29. The molecule has 4 nitrogen and oxygen atoms in total. The van der Waals surface area contributed by atoms with Crippen molar-refractivity contribution in [2.75, 3.05) is 26.6 Å². The van der Waals surface area contributed by atoms with Crippen LogP contribution in [-0.2, 0) is 18.9 Å².